The molecule has 0 saturated heterocycles. The van der Waals surface area contributed by atoms with Crippen molar-refractivity contribution in [2.75, 3.05) is 16.8 Å². The molecule has 2 aromatic carbocycles. The predicted octanol–water partition coefficient (Wildman–Crippen LogP) is 2.53. The first-order valence-corrected chi connectivity index (χ1v) is 11.1. The van der Waals surface area contributed by atoms with E-state index in [-0.39, 0.29) is 6.61 Å². The quantitative estimate of drug-likeness (QED) is 0.315. The van der Waals surface area contributed by atoms with Crippen LogP contribution in [0.2, 0.25) is 0 Å². The van der Waals surface area contributed by atoms with Gasteiger partial charge < -0.3 is 15.5 Å². The zero-order valence-electron chi connectivity index (χ0n) is 18.8. The molecule has 2 heterocycles. The van der Waals surface area contributed by atoms with Gasteiger partial charge in [-0.2, -0.15) is 0 Å². The molecule has 4 rings (SSSR count). The van der Waals surface area contributed by atoms with Crippen molar-refractivity contribution in [1.82, 2.24) is 15.0 Å². The van der Waals surface area contributed by atoms with Gasteiger partial charge in [0.15, 0.2) is 5.60 Å². The molecule has 9 nitrogen and oxygen atoms in total. The van der Waals surface area contributed by atoms with Gasteiger partial charge in [-0.3, -0.25) is 19.2 Å². The Hall–Kier alpha value is -3.82. The number of anilines is 3. The van der Waals surface area contributed by atoms with Gasteiger partial charge in [0, 0.05) is 54.3 Å². The van der Waals surface area contributed by atoms with Crippen molar-refractivity contribution in [3.8, 4) is 0 Å². The highest BCUT2D eigenvalue weighted by Gasteiger charge is 2.48. The number of fused-ring (bicyclic) bond motifs is 1. The summed E-state index contributed by atoms with van der Waals surface area (Å²) >= 11 is 0. The van der Waals surface area contributed by atoms with E-state index in [1.165, 1.54) is 4.90 Å². The van der Waals surface area contributed by atoms with E-state index in [2.05, 4.69) is 15.6 Å². The van der Waals surface area contributed by atoms with E-state index in [9.17, 15) is 14.7 Å². The van der Waals surface area contributed by atoms with Crippen LogP contribution in [0.4, 0.5) is 17.1 Å². The lowest BCUT2D eigenvalue weighted by atomic mass is 9.82. The Morgan fingerprint density at radius 2 is 2.00 bits per heavy atom. The number of aliphatic hydroxyl groups excluding tert-OH is 1. The normalized spacial score (nSPS) is 18.0. The van der Waals surface area contributed by atoms with E-state index in [1.807, 2.05) is 42.5 Å². The highest BCUT2D eigenvalue weighted by Crippen LogP contribution is 2.43. The molecule has 0 aliphatic carbocycles. The van der Waals surface area contributed by atoms with Crippen LogP contribution in [0.15, 0.2) is 66.9 Å². The monoisotopic (exact) mass is 461 g/mol. The molecule has 2 atom stereocenters. The van der Waals surface area contributed by atoms with Crippen molar-refractivity contribution in [3.05, 3.63) is 78.1 Å². The third-order valence-electron chi connectivity index (χ3n) is 5.99. The largest absolute Gasteiger partial charge is 0.396 e. The number of aliphatic hydroxyl groups is 2. The maximum Gasteiger partial charge on any atom is 0.261 e. The molecule has 1 aliphatic rings. The molecule has 9 heteroatoms. The zero-order chi connectivity index (χ0) is 24.1. The lowest BCUT2D eigenvalue weighted by Gasteiger charge is -2.27. The molecule has 0 spiro atoms. The van der Waals surface area contributed by atoms with Crippen molar-refractivity contribution < 1.29 is 19.8 Å². The van der Waals surface area contributed by atoms with Gasteiger partial charge >= 0.3 is 0 Å². The van der Waals surface area contributed by atoms with Crippen LogP contribution in [0, 0.1) is 5.92 Å². The fraction of sp³-hybridized carbons (Fsp3) is 0.280. The smallest absolute Gasteiger partial charge is 0.261 e. The predicted molar refractivity (Wildman–Crippen MR) is 127 cm³/mol. The number of hydrogen-bond donors (Lipinski definition) is 3. The molecule has 2 amide bonds. The Morgan fingerprint density at radius 3 is 2.74 bits per heavy atom. The first kappa shape index (κ1) is 23.3. The summed E-state index contributed by atoms with van der Waals surface area (Å²) in [6.07, 6.45) is 7.29. The summed E-state index contributed by atoms with van der Waals surface area (Å²) in [6.45, 7) is 2.38. The van der Waals surface area contributed by atoms with Crippen LogP contribution in [-0.2, 0) is 28.2 Å². The van der Waals surface area contributed by atoms with Crippen LogP contribution >= 0.6 is 0 Å². The first-order chi connectivity index (χ1) is 16.5. The summed E-state index contributed by atoms with van der Waals surface area (Å²) in [4.78, 5) is 26.1. The van der Waals surface area contributed by atoms with E-state index < -0.39 is 17.4 Å². The zero-order valence-corrected chi connectivity index (χ0v) is 18.8. The number of allylic oxidation sites excluding steroid dienone is 1. The molecule has 1 aliphatic heterocycles. The number of amides is 2. The van der Waals surface area contributed by atoms with Gasteiger partial charge in [-0.1, -0.05) is 42.5 Å². The van der Waals surface area contributed by atoms with E-state index >= 15 is 0 Å². The molecule has 0 unspecified atom stereocenters. The van der Waals surface area contributed by atoms with Gasteiger partial charge in [-0.25, -0.2) is 0 Å². The summed E-state index contributed by atoms with van der Waals surface area (Å²) in [5, 5.41) is 31.2. The third-order valence-corrected chi connectivity index (χ3v) is 5.99. The second-order valence-electron chi connectivity index (χ2n) is 8.21. The average Bonchev–Trinajstić information content (AvgIpc) is 3.40. The molecule has 1 aromatic heterocycles. The number of para-hydroxylation sites is 1. The average molecular weight is 462 g/mol. The molecule has 176 valence electrons. The molecule has 3 aromatic rings. The second-order valence-corrected chi connectivity index (χ2v) is 8.21. The van der Waals surface area contributed by atoms with Gasteiger partial charge in [0.1, 0.15) is 0 Å². The van der Waals surface area contributed by atoms with Crippen molar-refractivity contribution >= 4 is 29.4 Å². The van der Waals surface area contributed by atoms with Crippen molar-refractivity contribution in [3.63, 3.8) is 0 Å². The van der Waals surface area contributed by atoms with E-state index in [0.29, 0.717) is 48.4 Å². The summed E-state index contributed by atoms with van der Waals surface area (Å²) in [7, 11) is 0. The van der Waals surface area contributed by atoms with Crippen molar-refractivity contribution in [2.45, 2.75) is 31.9 Å². The van der Waals surface area contributed by atoms with E-state index in [1.54, 1.807) is 36.0 Å². The number of rotatable bonds is 10. The standard InChI is InChI=1S/C25H27N5O4/c1-18(7-5-6-13-29-16-19(12-14-31)27-28-29)25(34)22-15-21(10-11-23(22)26-24(25)33)30(17-32)20-8-3-2-4-9-20/h2-5,7-11,15-18,31,34H,6,12-14H2,1H3,(H,26,33)/b7-5+/t18-,25+/m1/s1. The first-order valence-electron chi connectivity index (χ1n) is 11.1. The minimum Gasteiger partial charge on any atom is -0.396 e. The van der Waals surface area contributed by atoms with Crippen LogP contribution in [-0.4, -0.2) is 44.1 Å². The summed E-state index contributed by atoms with van der Waals surface area (Å²) in [5.41, 5.74) is 1.14. The number of carbonyl (C=O) groups is 2. The summed E-state index contributed by atoms with van der Waals surface area (Å²) in [6, 6.07) is 14.3. The van der Waals surface area contributed by atoms with Crippen LogP contribution in [0.3, 0.4) is 0 Å². The molecule has 0 saturated carbocycles. The minimum absolute atomic E-state index is 0.0237. The number of aromatic nitrogens is 3. The Bertz CT molecular complexity index is 1190. The Labute approximate surface area is 197 Å². The van der Waals surface area contributed by atoms with Gasteiger partial charge in [0.05, 0.1) is 5.69 Å². The number of nitrogens with zero attached hydrogens (tertiary/aromatic N) is 4. The third kappa shape index (κ3) is 4.48. The van der Waals surface area contributed by atoms with Crippen molar-refractivity contribution in [1.29, 1.82) is 0 Å². The molecular formula is C25H27N5O4. The minimum atomic E-state index is -1.77. The Morgan fingerprint density at radius 1 is 1.21 bits per heavy atom. The van der Waals surface area contributed by atoms with Crippen LogP contribution < -0.4 is 10.2 Å². The molecule has 34 heavy (non-hydrogen) atoms. The van der Waals surface area contributed by atoms with Gasteiger partial charge in [0.2, 0.25) is 6.41 Å². The maximum atomic E-state index is 12.8. The van der Waals surface area contributed by atoms with E-state index in [4.69, 9.17) is 5.11 Å². The number of benzene rings is 2. The topological polar surface area (TPSA) is 121 Å². The molecule has 3 N–H and O–H groups in total. The van der Waals surface area contributed by atoms with Crippen molar-refractivity contribution in [2.24, 2.45) is 5.92 Å². The Kier molecular flexibility index (Phi) is 6.85. The lowest BCUT2D eigenvalue weighted by Crippen LogP contribution is -2.39. The highest BCUT2D eigenvalue weighted by molar-refractivity contribution is 6.06. The molecular weight excluding hydrogens is 434 g/mol. The fourth-order valence-electron chi connectivity index (χ4n) is 4.08. The number of carbonyl (C=O) groups excluding carboxylic acids is 2. The van der Waals surface area contributed by atoms with Crippen LogP contribution in [0.5, 0.6) is 0 Å². The summed E-state index contributed by atoms with van der Waals surface area (Å²) in [5.74, 6) is -1.02. The lowest BCUT2D eigenvalue weighted by molar-refractivity contribution is -0.137. The van der Waals surface area contributed by atoms with E-state index in [0.717, 1.165) is 5.69 Å². The number of nitrogens with one attached hydrogen (secondary N) is 1. The highest BCUT2D eigenvalue weighted by atomic mass is 16.3. The van der Waals surface area contributed by atoms with Crippen LogP contribution in [0.25, 0.3) is 0 Å². The van der Waals surface area contributed by atoms with Gasteiger partial charge in [0.25, 0.3) is 5.91 Å². The fourth-order valence-corrected chi connectivity index (χ4v) is 4.08. The van der Waals surface area contributed by atoms with Gasteiger partial charge in [-0.15, -0.1) is 5.10 Å². The second kappa shape index (κ2) is 9.98. The Balaban J connectivity index is 1.52. The number of aryl methyl sites for hydroxylation is 1. The van der Waals surface area contributed by atoms with Gasteiger partial charge in [-0.05, 0) is 36.8 Å². The molecule has 0 radical (unpaired) electrons. The van der Waals surface area contributed by atoms with Crippen LogP contribution in [0.1, 0.15) is 24.6 Å². The SMILES string of the molecule is C[C@H](/C=C/CCn1cc(CCO)nn1)[C@@]1(O)C(=O)Nc2ccc(N(C=O)c3ccccc3)cc21. The summed E-state index contributed by atoms with van der Waals surface area (Å²) < 4.78 is 1.69. The number of hydrogen-bond acceptors (Lipinski definition) is 6. The molecule has 0 bridgehead atoms. The molecule has 0 fully saturated rings. The maximum absolute atomic E-state index is 12.8.